The zero-order valence-electron chi connectivity index (χ0n) is 13.6. The Morgan fingerprint density at radius 2 is 2.05 bits per heavy atom. The molecule has 3 heteroatoms. The van der Waals surface area contributed by atoms with Crippen LogP contribution in [0.3, 0.4) is 0 Å². The largest absolute Gasteiger partial charge is 0.375 e. The summed E-state index contributed by atoms with van der Waals surface area (Å²) in [6.07, 6.45) is 11.3. The van der Waals surface area contributed by atoms with E-state index in [0.29, 0.717) is 5.78 Å². The molecular weight excluding hydrogens is 262 g/mol. The van der Waals surface area contributed by atoms with Gasteiger partial charge in [0.1, 0.15) is 5.78 Å². The highest BCUT2D eigenvalue weighted by Crippen LogP contribution is 2.45. The number of ether oxygens (including phenoxy) is 1. The number of Topliss-reactive ketones (excluding diaryl/α,β-unsaturated/α-hetero) is 1. The lowest BCUT2D eigenvalue weighted by Gasteiger charge is -2.43. The van der Waals surface area contributed by atoms with Crippen molar-refractivity contribution >= 4 is 5.78 Å². The van der Waals surface area contributed by atoms with Crippen LogP contribution >= 0.6 is 0 Å². The number of carbonyl (C=O) groups excluding carboxylic acids is 1. The monoisotopic (exact) mass is 293 g/mol. The molecule has 0 aromatic heterocycles. The predicted octanol–water partition coefficient (Wildman–Crippen LogP) is 3.46. The van der Waals surface area contributed by atoms with Gasteiger partial charge in [-0.2, -0.15) is 0 Å². The van der Waals surface area contributed by atoms with Gasteiger partial charge in [0.25, 0.3) is 0 Å². The second kappa shape index (κ2) is 6.37. The first-order chi connectivity index (χ1) is 10.2. The zero-order valence-corrected chi connectivity index (χ0v) is 13.6. The van der Waals surface area contributed by atoms with Crippen molar-refractivity contribution in [3.05, 3.63) is 0 Å². The quantitative estimate of drug-likeness (QED) is 0.862. The summed E-state index contributed by atoms with van der Waals surface area (Å²) < 4.78 is 6.12. The molecule has 3 nitrogen and oxygen atoms in total. The minimum atomic E-state index is -0.0746. The molecule has 120 valence electrons. The number of piperidine rings is 1. The number of nitrogens with one attached hydrogen (secondary N) is 1. The lowest BCUT2D eigenvalue weighted by Crippen LogP contribution is -2.50. The highest BCUT2D eigenvalue weighted by atomic mass is 16.5. The normalized spacial score (nSPS) is 36.0. The molecule has 1 spiro atoms. The summed E-state index contributed by atoms with van der Waals surface area (Å²) >= 11 is 0. The fourth-order valence-corrected chi connectivity index (χ4v) is 5.05. The van der Waals surface area contributed by atoms with Crippen molar-refractivity contribution in [2.24, 2.45) is 11.3 Å². The van der Waals surface area contributed by atoms with Crippen molar-refractivity contribution in [1.82, 2.24) is 5.32 Å². The lowest BCUT2D eigenvalue weighted by molar-refractivity contribution is -0.147. The van der Waals surface area contributed by atoms with Gasteiger partial charge in [0.2, 0.25) is 0 Å². The second-order valence-corrected chi connectivity index (χ2v) is 7.60. The summed E-state index contributed by atoms with van der Waals surface area (Å²) in [7, 11) is 0. The van der Waals surface area contributed by atoms with Crippen LogP contribution in [-0.4, -0.2) is 31.1 Å². The number of hydrogen-bond acceptors (Lipinski definition) is 3. The maximum Gasteiger partial charge on any atom is 0.143 e. The molecule has 2 heterocycles. The van der Waals surface area contributed by atoms with Crippen LogP contribution < -0.4 is 5.32 Å². The molecule has 0 radical (unpaired) electrons. The van der Waals surface area contributed by atoms with Gasteiger partial charge in [-0.3, -0.25) is 4.79 Å². The molecule has 0 amide bonds. The molecule has 3 aliphatic rings. The van der Waals surface area contributed by atoms with E-state index in [1.807, 2.05) is 0 Å². The Morgan fingerprint density at radius 3 is 2.71 bits per heavy atom. The summed E-state index contributed by atoms with van der Waals surface area (Å²) in [5.41, 5.74) is -0.0110. The van der Waals surface area contributed by atoms with Gasteiger partial charge in [0, 0.05) is 24.5 Å². The van der Waals surface area contributed by atoms with Crippen LogP contribution in [0.4, 0.5) is 0 Å². The molecule has 0 aromatic carbocycles. The topological polar surface area (TPSA) is 38.3 Å². The van der Waals surface area contributed by atoms with E-state index in [2.05, 4.69) is 12.2 Å². The highest BCUT2D eigenvalue weighted by Gasteiger charge is 2.47. The zero-order chi connectivity index (χ0) is 14.8. The Balaban J connectivity index is 1.72. The van der Waals surface area contributed by atoms with Gasteiger partial charge in [-0.05, 0) is 51.5 Å². The van der Waals surface area contributed by atoms with E-state index in [9.17, 15) is 4.79 Å². The van der Waals surface area contributed by atoms with Crippen LogP contribution in [-0.2, 0) is 9.53 Å². The smallest absolute Gasteiger partial charge is 0.143 e. The maximum atomic E-state index is 13.3. The molecule has 3 rings (SSSR count). The van der Waals surface area contributed by atoms with Crippen molar-refractivity contribution in [1.29, 1.82) is 0 Å². The number of ketones is 1. The third-order valence-electron chi connectivity index (χ3n) is 6.10. The molecule has 3 fully saturated rings. The lowest BCUT2D eigenvalue weighted by atomic mass is 9.67. The summed E-state index contributed by atoms with van der Waals surface area (Å²) in [6, 6.07) is 0. The molecular formula is C18H31NO2. The standard InChI is InChI=1S/C18H31NO2/c1-2-7-17(8-5-11-19-14-17)16(20)15-6-12-21-18(13-15)9-3-4-10-18/h15,19H,2-14H2,1H3. The second-order valence-electron chi connectivity index (χ2n) is 7.60. The molecule has 21 heavy (non-hydrogen) atoms. The summed E-state index contributed by atoms with van der Waals surface area (Å²) in [5, 5.41) is 3.49. The fourth-order valence-electron chi connectivity index (χ4n) is 5.05. The third kappa shape index (κ3) is 3.05. The molecule has 2 saturated heterocycles. The first kappa shape index (κ1) is 15.5. The fraction of sp³-hybridized carbons (Fsp3) is 0.944. The van der Waals surface area contributed by atoms with Crippen molar-refractivity contribution in [2.45, 2.75) is 76.7 Å². The Bertz CT molecular complexity index is 362. The minimum absolute atomic E-state index is 0.0636. The van der Waals surface area contributed by atoms with Crippen LogP contribution in [0.2, 0.25) is 0 Å². The van der Waals surface area contributed by atoms with Gasteiger partial charge in [0.15, 0.2) is 0 Å². The van der Waals surface area contributed by atoms with Crippen LogP contribution in [0, 0.1) is 11.3 Å². The Morgan fingerprint density at radius 1 is 1.24 bits per heavy atom. The van der Waals surface area contributed by atoms with Gasteiger partial charge < -0.3 is 10.1 Å². The van der Waals surface area contributed by atoms with E-state index >= 15 is 0 Å². The van der Waals surface area contributed by atoms with Gasteiger partial charge in [-0.25, -0.2) is 0 Å². The summed E-state index contributed by atoms with van der Waals surface area (Å²) in [5.74, 6) is 0.814. The number of carbonyl (C=O) groups is 1. The van der Waals surface area contributed by atoms with Gasteiger partial charge in [0.05, 0.1) is 5.60 Å². The molecule has 2 aliphatic heterocycles. The Hall–Kier alpha value is -0.410. The third-order valence-corrected chi connectivity index (χ3v) is 6.10. The maximum absolute atomic E-state index is 13.3. The van der Waals surface area contributed by atoms with Crippen molar-refractivity contribution in [2.75, 3.05) is 19.7 Å². The van der Waals surface area contributed by atoms with E-state index in [-0.39, 0.29) is 16.9 Å². The molecule has 2 atom stereocenters. The summed E-state index contributed by atoms with van der Waals surface area (Å²) in [4.78, 5) is 13.3. The van der Waals surface area contributed by atoms with E-state index in [0.717, 1.165) is 58.2 Å². The molecule has 2 unspecified atom stereocenters. The minimum Gasteiger partial charge on any atom is -0.375 e. The number of hydrogen-bond donors (Lipinski definition) is 1. The van der Waals surface area contributed by atoms with Gasteiger partial charge in [-0.1, -0.05) is 26.2 Å². The molecule has 1 aliphatic carbocycles. The van der Waals surface area contributed by atoms with Gasteiger partial charge in [-0.15, -0.1) is 0 Å². The van der Waals surface area contributed by atoms with Crippen molar-refractivity contribution in [3.8, 4) is 0 Å². The molecule has 1 saturated carbocycles. The van der Waals surface area contributed by atoms with Crippen LogP contribution in [0.25, 0.3) is 0 Å². The number of rotatable bonds is 4. The summed E-state index contributed by atoms with van der Waals surface area (Å²) in [6.45, 7) is 5.00. The Labute approximate surface area is 129 Å². The van der Waals surface area contributed by atoms with Crippen LogP contribution in [0.5, 0.6) is 0 Å². The van der Waals surface area contributed by atoms with E-state index < -0.39 is 0 Å². The molecule has 1 N–H and O–H groups in total. The average molecular weight is 293 g/mol. The predicted molar refractivity (Wildman–Crippen MR) is 84.3 cm³/mol. The van der Waals surface area contributed by atoms with Crippen molar-refractivity contribution < 1.29 is 9.53 Å². The van der Waals surface area contributed by atoms with Gasteiger partial charge >= 0.3 is 0 Å². The first-order valence-electron chi connectivity index (χ1n) is 9.09. The van der Waals surface area contributed by atoms with E-state index in [1.54, 1.807) is 0 Å². The van der Waals surface area contributed by atoms with Crippen LogP contribution in [0.1, 0.15) is 71.1 Å². The average Bonchev–Trinajstić information content (AvgIpc) is 2.95. The first-order valence-corrected chi connectivity index (χ1v) is 9.09. The van der Waals surface area contributed by atoms with Crippen LogP contribution in [0.15, 0.2) is 0 Å². The Kier molecular flexibility index (Phi) is 4.70. The van der Waals surface area contributed by atoms with Crippen molar-refractivity contribution in [3.63, 3.8) is 0 Å². The molecule has 0 aromatic rings. The van der Waals surface area contributed by atoms with E-state index in [4.69, 9.17) is 4.74 Å². The SMILES string of the molecule is CCCC1(C(=O)C2CCOC3(CCCC3)C2)CCCNC1. The highest BCUT2D eigenvalue weighted by molar-refractivity contribution is 5.87. The van der Waals surface area contributed by atoms with E-state index in [1.165, 1.54) is 25.7 Å². The molecule has 0 bridgehead atoms.